The zero-order valence-electron chi connectivity index (χ0n) is 37.7. The van der Waals surface area contributed by atoms with Crippen molar-refractivity contribution in [1.82, 2.24) is 29.2 Å². The number of carbonyl (C=O) groups excluding carboxylic acids is 1. The first kappa shape index (κ1) is 47.1. The standard InChI is InChI=1S/C24H34IN3O3Si.C21H25N3O5/c1-14(2)32(15(3)4,16(5)6)28-13-18(25)22-24(28)26-12-19(27-22)17-10-20(29-7)23(31-9)21(11-17)30-8;1-12(26-2)6-7-16(25)14-10-22-21-19(14)24-15(11-23-21)13-8-17(27-3)20(29-5)18(9-13)28-4/h10-16H,1-9H3;8-12H,6-7H2,1-5H3,(H,22,23). The SMILES string of the molecule is COc1cc(-c2cnc3[nH]cc(C(=O)CCC(C)OC)c3n2)cc(OC)c1OC.COc1cc(-c2cnc3c(n2)c(I)cn3[Si](C(C)C)(C(C)C)C(C)C)cc(OC)c1OC. The lowest BCUT2D eigenvalue weighted by atomic mass is 10.1. The number of rotatable bonds is 17. The first-order valence-corrected chi connectivity index (χ1v) is 23.5. The monoisotopic (exact) mass is 966 g/mol. The van der Waals surface area contributed by atoms with Gasteiger partial charge in [0.15, 0.2) is 48.3 Å². The molecule has 1 unspecified atom stereocenters. The summed E-state index contributed by atoms with van der Waals surface area (Å²) in [6.07, 6.45) is 8.46. The van der Waals surface area contributed by atoms with Crippen molar-refractivity contribution >= 4 is 58.9 Å². The molecular formula is C45H59IN6O8Si. The van der Waals surface area contributed by atoms with Gasteiger partial charge in [0.05, 0.1) is 81.7 Å². The molecule has 0 bridgehead atoms. The van der Waals surface area contributed by atoms with Gasteiger partial charge in [0.25, 0.3) is 0 Å². The molecule has 61 heavy (non-hydrogen) atoms. The minimum atomic E-state index is -1.93. The molecule has 328 valence electrons. The van der Waals surface area contributed by atoms with E-state index in [-0.39, 0.29) is 11.9 Å². The fraction of sp³-hybridized carbons (Fsp3) is 0.444. The molecule has 4 aromatic heterocycles. The summed E-state index contributed by atoms with van der Waals surface area (Å²) < 4.78 is 41.6. The van der Waals surface area contributed by atoms with Gasteiger partial charge in [-0.05, 0) is 76.8 Å². The minimum Gasteiger partial charge on any atom is -0.493 e. The lowest BCUT2D eigenvalue weighted by Gasteiger charge is -2.44. The average Bonchev–Trinajstić information content (AvgIpc) is 3.84. The Morgan fingerprint density at radius 2 is 1.15 bits per heavy atom. The zero-order valence-corrected chi connectivity index (χ0v) is 40.9. The second-order valence-electron chi connectivity index (χ2n) is 15.6. The van der Waals surface area contributed by atoms with Crippen LogP contribution in [0.25, 0.3) is 44.8 Å². The molecule has 0 spiro atoms. The number of ether oxygens (including phenoxy) is 7. The summed E-state index contributed by atoms with van der Waals surface area (Å²) in [7, 11) is 9.20. The molecule has 2 aromatic carbocycles. The summed E-state index contributed by atoms with van der Waals surface area (Å²) in [5.41, 5.74) is 8.24. The van der Waals surface area contributed by atoms with Gasteiger partial charge in [-0.1, -0.05) is 41.5 Å². The topological polar surface area (TPSA) is 154 Å². The van der Waals surface area contributed by atoms with Crippen LogP contribution in [0.3, 0.4) is 0 Å². The number of Topliss-reactive ketones (excluding diaryl/α,β-unsaturated/α-hetero) is 1. The molecule has 6 aromatic rings. The molecule has 0 aliphatic heterocycles. The van der Waals surface area contributed by atoms with E-state index in [0.717, 1.165) is 31.6 Å². The zero-order chi connectivity index (χ0) is 44.8. The second-order valence-corrected chi connectivity index (χ2v) is 22.5. The van der Waals surface area contributed by atoms with Crippen molar-refractivity contribution in [3.05, 3.63) is 58.2 Å². The van der Waals surface area contributed by atoms with Crippen molar-refractivity contribution in [2.75, 3.05) is 49.8 Å². The van der Waals surface area contributed by atoms with Crippen LogP contribution >= 0.6 is 22.6 Å². The maximum Gasteiger partial charge on any atom is 0.203 e. The van der Waals surface area contributed by atoms with Gasteiger partial charge in [-0.3, -0.25) is 4.79 Å². The molecule has 1 atom stereocenters. The number of nitrogens with zero attached hydrogens (tertiary/aromatic N) is 5. The van der Waals surface area contributed by atoms with E-state index in [4.69, 9.17) is 43.1 Å². The quantitative estimate of drug-likeness (QED) is 0.0526. The number of hydrogen-bond donors (Lipinski definition) is 1. The first-order chi connectivity index (χ1) is 29.1. The summed E-state index contributed by atoms with van der Waals surface area (Å²) in [5.74, 6) is 3.29. The van der Waals surface area contributed by atoms with Gasteiger partial charge in [0.1, 0.15) is 11.0 Å². The number of methoxy groups -OCH3 is 7. The van der Waals surface area contributed by atoms with E-state index in [1.54, 1.807) is 74.3 Å². The first-order valence-electron chi connectivity index (χ1n) is 20.2. The smallest absolute Gasteiger partial charge is 0.203 e. The number of ketones is 1. The Bertz CT molecular complexity index is 2400. The predicted octanol–water partition coefficient (Wildman–Crippen LogP) is 10.4. The third-order valence-electron chi connectivity index (χ3n) is 11.4. The number of halogens is 1. The van der Waals surface area contributed by atoms with Crippen molar-refractivity contribution in [2.45, 2.75) is 84.0 Å². The van der Waals surface area contributed by atoms with Gasteiger partial charge < -0.3 is 42.4 Å². The van der Waals surface area contributed by atoms with Crippen LogP contribution in [0, 0.1) is 3.57 Å². The minimum absolute atomic E-state index is 0.00325. The third-order valence-corrected chi connectivity index (χ3v) is 18.9. The molecule has 14 nitrogen and oxygen atoms in total. The summed E-state index contributed by atoms with van der Waals surface area (Å²) in [4.78, 5) is 34.8. The van der Waals surface area contributed by atoms with Gasteiger partial charge >= 0.3 is 0 Å². The highest BCUT2D eigenvalue weighted by molar-refractivity contribution is 14.1. The molecule has 0 amide bonds. The van der Waals surface area contributed by atoms with Crippen LogP contribution in [0.5, 0.6) is 34.5 Å². The number of carbonyl (C=O) groups is 1. The van der Waals surface area contributed by atoms with Crippen LogP contribution < -0.4 is 28.4 Å². The van der Waals surface area contributed by atoms with E-state index in [2.05, 4.69) is 89.5 Å². The fourth-order valence-electron chi connectivity index (χ4n) is 8.51. The summed E-state index contributed by atoms with van der Waals surface area (Å²) in [6.45, 7) is 16.1. The van der Waals surface area contributed by atoms with Crippen molar-refractivity contribution in [3.8, 4) is 57.0 Å². The van der Waals surface area contributed by atoms with Gasteiger partial charge in [-0.2, -0.15) is 0 Å². The molecule has 4 heterocycles. The van der Waals surface area contributed by atoms with Gasteiger partial charge in [-0.15, -0.1) is 0 Å². The Balaban J connectivity index is 0.000000232. The van der Waals surface area contributed by atoms with Crippen LogP contribution in [-0.2, 0) is 4.74 Å². The van der Waals surface area contributed by atoms with Gasteiger partial charge in [0, 0.05) is 37.1 Å². The van der Waals surface area contributed by atoms with Crippen molar-refractivity contribution in [1.29, 1.82) is 0 Å². The normalized spacial score (nSPS) is 12.2. The van der Waals surface area contributed by atoms with Crippen LogP contribution in [-0.4, -0.2) is 99.0 Å². The molecule has 0 aliphatic carbocycles. The van der Waals surface area contributed by atoms with Gasteiger partial charge in [0.2, 0.25) is 11.5 Å². The van der Waals surface area contributed by atoms with E-state index >= 15 is 0 Å². The van der Waals surface area contributed by atoms with Crippen LogP contribution in [0.4, 0.5) is 0 Å². The Labute approximate surface area is 373 Å². The fourth-order valence-corrected chi connectivity index (χ4v) is 16.0. The van der Waals surface area contributed by atoms with Crippen LogP contribution in [0.2, 0.25) is 16.6 Å². The molecule has 0 radical (unpaired) electrons. The molecule has 0 saturated carbocycles. The number of benzene rings is 2. The Morgan fingerprint density at radius 3 is 1.57 bits per heavy atom. The highest BCUT2D eigenvalue weighted by Crippen LogP contribution is 2.46. The number of nitrogens with one attached hydrogen (secondary N) is 1. The number of H-pyrrole nitrogens is 1. The maximum atomic E-state index is 12.7. The van der Waals surface area contributed by atoms with E-state index in [1.807, 2.05) is 25.3 Å². The largest absolute Gasteiger partial charge is 0.493 e. The highest BCUT2D eigenvalue weighted by atomic mass is 127. The van der Waals surface area contributed by atoms with Crippen LogP contribution in [0.1, 0.15) is 71.7 Å². The molecule has 0 saturated heterocycles. The van der Waals surface area contributed by atoms with Crippen molar-refractivity contribution < 1.29 is 38.0 Å². The van der Waals surface area contributed by atoms with E-state index in [1.165, 1.54) is 0 Å². The Hall–Kier alpha value is -4.94. The lowest BCUT2D eigenvalue weighted by Crippen LogP contribution is -2.51. The average molecular weight is 967 g/mol. The second kappa shape index (κ2) is 20.3. The van der Waals surface area contributed by atoms with E-state index < -0.39 is 8.24 Å². The molecule has 0 aliphatic rings. The molecule has 6 rings (SSSR count). The third kappa shape index (κ3) is 9.31. The van der Waals surface area contributed by atoms with Crippen molar-refractivity contribution in [2.24, 2.45) is 0 Å². The van der Waals surface area contributed by atoms with Gasteiger partial charge in [-0.25, -0.2) is 19.9 Å². The summed E-state index contributed by atoms with van der Waals surface area (Å²) in [5, 5.41) is 0. The van der Waals surface area contributed by atoms with E-state index in [9.17, 15) is 4.79 Å². The van der Waals surface area contributed by atoms with E-state index in [0.29, 0.717) is 86.4 Å². The Kier molecular flexibility index (Phi) is 15.7. The maximum absolute atomic E-state index is 12.7. The number of aromatic nitrogens is 6. The Morgan fingerprint density at radius 1 is 0.689 bits per heavy atom. The number of fused-ring (bicyclic) bond motifs is 2. The van der Waals surface area contributed by atoms with Crippen molar-refractivity contribution in [3.63, 3.8) is 0 Å². The molecule has 1 N–H and O–H groups in total. The summed E-state index contributed by atoms with van der Waals surface area (Å²) >= 11 is 2.39. The summed E-state index contributed by atoms with van der Waals surface area (Å²) in [6, 6.07) is 7.42. The number of aromatic amines is 1. The molecular weight excluding hydrogens is 908 g/mol. The van der Waals surface area contributed by atoms with Crippen LogP contribution in [0.15, 0.2) is 49.1 Å². The predicted molar refractivity (Wildman–Crippen MR) is 251 cm³/mol. The molecule has 16 heteroatoms. The lowest BCUT2D eigenvalue weighted by molar-refractivity contribution is 0.0879. The number of hydrogen-bond acceptors (Lipinski definition) is 12. The highest BCUT2D eigenvalue weighted by Gasteiger charge is 2.46. The molecule has 0 fully saturated rings.